The molecule has 0 unspecified atom stereocenters. The highest BCUT2D eigenvalue weighted by Gasteiger charge is 2.04. The van der Waals surface area contributed by atoms with Crippen molar-refractivity contribution in [1.29, 1.82) is 0 Å². The Morgan fingerprint density at radius 1 is 1.71 bits per heavy atom. The highest BCUT2D eigenvalue weighted by molar-refractivity contribution is 9.10. The van der Waals surface area contributed by atoms with Crippen LogP contribution in [0.15, 0.2) is 21.8 Å². The van der Waals surface area contributed by atoms with Gasteiger partial charge in [0.05, 0.1) is 15.9 Å². The molecule has 0 radical (unpaired) electrons. The Hall–Kier alpha value is -0.260. The first-order valence-electron chi connectivity index (χ1n) is 3.75. The summed E-state index contributed by atoms with van der Waals surface area (Å²) in [5.41, 5.74) is 0. The van der Waals surface area contributed by atoms with Crippen LogP contribution in [-0.2, 0) is 4.79 Å². The van der Waals surface area contributed by atoms with E-state index in [0.717, 1.165) is 9.50 Å². The first-order chi connectivity index (χ1) is 6.59. The molecule has 0 spiro atoms. The number of carboxylic acid groups (broad SMARTS) is 1. The lowest BCUT2D eigenvalue weighted by atomic mass is 10.5. The fraction of sp³-hybridized carbons (Fsp3) is 0.250. The number of hydrogen-bond acceptors (Lipinski definition) is 3. The smallest absolute Gasteiger partial charge is 0.304 e. The number of nitrogens with zero attached hydrogens (tertiary/aromatic N) is 1. The number of halogens is 2. The minimum Gasteiger partial charge on any atom is -0.481 e. The number of rotatable bonds is 4. The number of thioether (sulfide) groups is 1. The predicted octanol–water partition coefficient (Wildman–Crippen LogP) is 3.06. The molecule has 0 amide bonds. The zero-order valence-corrected chi connectivity index (χ0v) is 10.2. The van der Waals surface area contributed by atoms with Crippen molar-refractivity contribution < 1.29 is 9.90 Å². The lowest BCUT2D eigenvalue weighted by Gasteiger charge is -2.01. The maximum absolute atomic E-state index is 10.3. The van der Waals surface area contributed by atoms with Crippen molar-refractivity contribution >= 4 is 45.3 Å². The lowest BCUT2D eigenvalue weighted by Crippen LogP contribution is -1.96. The van der Waals surface area contributed by atoms with Crippen LogP contribution in [-0.4, -0.2) is 21.8 Å². The van der Waals surface area contributed by atoms with Gasteiger partial charge in [-0.3, -0.25) is 4.79 Å². The monoisotopic (exact) mass is 295 g/mol. The average molecular weight is 297 g/mol. The van der Waals surface area contributed by atoms with Gasteiger partial charge in [-0.25, -0.2) is 4.98 Å². The van der Waals surface area contributed by atoms with Crippen LogP contribution in [0.2, 0.25) is 5.02 Å². The van der Waals surface area contributed by atoms with Crippen molar-refractivity contribution in [3.63, 3.8) is 0 Å². The summed E-state index contributed by atoms with van der Waals surface area (Å²) in [6.07, 6.45) is 1.66. The zero-order valence-electron chi connectivity index (χ0n) is 7.04. The van der Waals surface area contributed by atoms with Crippen LogP contribution in [0.25, 0.3) is 0 Å². The van der Waals surface area contributed by atoms with Crippen molar-refractivity contribution in [2.45, 2.75) is 11.4 Å². The van der Waals surface area contributed by atoms with Gasteiger partial charge in [-0.2, -0.15) is 0 Å². The number of aliphatic carboxylic acids is 1. The molecule has 1 aromatic rings. The van der Waals surface area contributed by atoms with Gasteiger partial charge >= 0.3 is 5.97 Å². The summed E-state index contributed by atoms with van der Waals surface area (Å²) < 4.78 is 0.792. The Labute approximate surface area is 99.0 Å². The molecule has 0 saturated heterocycles. The first kappa shape index (κ1) is 11.8. The third-order valence-electron chi connectivity index (χ3n) is 1.33. The standard InChI is InChI=1S/C8H7BrClNO2S/c9-6-3-5(10)4-11-8(6)14-2-1-7(12)13/h3-4H,1-2H2,(H,12,13). The molecule has 0 aliphatic carbocycles. The van der Waals surface area contributed by atoms with Crippen molar-refractivity contribution in [1.82, 2.24) is 4.98 Å². The number of aromatic nitrogens is 1. The molecule has 0 bridgehead atoms. The molecule has 1 heterocycles. The van der Waals surface area contributed by atoms with Crippen molar-refractivity contribution in [2.75, 3.05) is 5.75 Å². The van der Waals surface area contributed by atoms with Gasteiger partial charge in [-0.15, -0.1) is 11.8 Å². The number of carboxylic acids is 1. The second kappa shape index (κ2) is 5.58. The molecular weight excluding hydrogens is 290 g/mol. The van der Waals surface area contributed by atoms with Crippen LogP contribution in [0.4, 0.5) is 0 Å². The minimum absolute atomic E-state index is 0.126. The van der Waals surface area contributed by atoms with Gasteiger partial charge in [0.25, 0.3) is 0 Å². The van der Waals surface area contributed by atoms with Crippen molar-refractivity contribution in [2.24, 2.45) is 0 Å². The van der Waals surface area contributed by atoms with E-state index in [-0.39, 0.29) is 6.42 Å². The topological polar surface area (TPSA) is 50.2 Å². The number of carbonyl (C=O) groups is 1. The molecule has 0 atom stereocenters. The normalized spacial score (nSPS) is 10.1. The van der Waals surface area contributed by atoms with Crippen LogP contribution in [0, 0.1) is 0 Å². The second-order valence-electron chi connectivity index (χ2n) is 2.43. The van der Waals surface area contributed by atoms with Crippen LogP contribution in [0.3, 0.4) is 0 Å². The van der Waals surface area contributed by atoms with E-state index in [1.807, 2.05) is 0 Å². The lowest BCUT2D eigenvalue weighted by molar-refractivity contribution is -0.136. The van der Waals surface area contributed by atoms with Crippen LogP contribution in [0.5, 0.6) is 0 Å². The van der Waals surface area contributed by atoms with Crippen molar-refractivity contribution in [3.8, 4) is 0 Å². The maximum Gasteiger partial charge on any atom is 0.304 e. The van der Waals surface area contributed by atoms with E-state index < -0.39 is 5.97 Å². The molecule has 1 aromatic heterocycles. The Balaban J connectivity index is 2.55. The van der Waals surface area contributed by atoms with Gasteiger partial charge in [0.15, 0.2) is 0 Å². The van der Waals surface area contributed by atoms with Gasteiger partial charge in [-0.05, 0) is 22.0 Å². The van der Waals surface area contributed by atoms with Crippen LogP contribution < -0.4 is 0 Å². The molecule has 6 heteroatoms. The first-order valence-corrected chi connectivity index (χ1v) is 5.91. The van der Waals surface area contributed by atoms with E-state index in [4.69, 9.17) is 16.7 Å². The summed E-state index contributed by atoms with van der Waals surface area (Å²) in [6.45, 7) is 0. The minimum atomic E-state index is -0.803. The Kier molecular flexibility index (Phi) is 4.71. The highest BCUT2D eigenvalue weighted by atomic mass is 79.9. The van der Waals surface area contributed by atoms with E-state index in [2.05, 4.69) is 20.9 Å². The average Bonchev–Trinajstić information content (AvgIpc) is 2.08. The summed E-state index contributed by atoms with van der Waals surface area (Å²) in [5, 5.41) is 9.75. The quantitative estimate of drug-likeness (QED) is 0.868. The second-order valence-corrected chi connectivity index (χ2v) is 4.81. The van der Waals surface area contributed by atoms with Crippen molar-refractivity contribution in [3.05, 3.63) is 21.8 Å². The summed E-state index contributed by atoms with van der Waals surface area (Å²) in [5.74, 6) is -0.301. The molecule has 0 fully saturated rings. The van der Waals surface area contributed by atoms with Gasteiger partial charge in [0.2, 0.25) is 0 Å². The van der Waals surface area contributed by atoms with Gasteiger partial charge in [-0.1, -0.05) is 11.6 Å². The molecule has 76 valence electrons. The van der Waals surface area contributed by atoms with Crippen LogP contribution >= 0.6 is 39.3 Å². The fourth-order valence-corrected chi connectivity index (χ4v) is 2.52. The van der Waals surface area contributed by atoms with E-state index in [1.165, 1.54) is 18.0 Å². The van der Waals surface area contributed by atoms with Gasteiger partial charge in [0.1, 0.15) is 5.03 Å². The Morgan fingerprint density at radius 3 is 3.00 bits per heavy atom. The zero-order chi connectivity index (χ0) is 10.6. The molecule has 0 aliphatic rings. The molecule has 0 aliphatic heterocycles. The fourth-order valence-electron chi connectivity index (χ4n) is 0.743. The van der Waals surface area contributed by atoms with Crippen LogP contribution in [0.1, 0.15) is 6.42 Å². The highest BCUT2D eigenvalue weighted by Crippen LogP contribution is 2.27. The van der Waals surface area contributed by atoms with E-state index >= 15 is 0 Å². The molecule has 3 nitrogen and oxygen atoms in total. The molecule has 1 N–H and O–H groups in total. The SMILES string of the molecule is O=C(O)CCSc1ncc(Cl)cc1Br. The Morgan fingerprint density at radius 2 is 2.43 bits per heavy atom. The summed E-state index contributed by atoms with van der Waals surface area (Å²) in [6, 6.07) is 1.73. The van der Waals surface area contributed by atoms with E-state index in [0.29, 0.717) is 10.8 Å². The molecule has 14 heavy (non-hydrogen) atoms. The number of hydrogen-bond donors (Lipinski definition) is 1. The summed E-state index contributed by atoms with van der Waals surface area (Å²) in [4.78, 5) is 14.3. The number of pyridine rings is 1. The predicted molar refractivity (Wildman–Crippen MR) is 59.9 cm³/mol. The molecule has 0 aromatic carbocycles. The van der Waals surface area contributed by atoms with E-state index in [1.54, 1.807) is 6.07 Å². The van der Waals surface area contributed by atoms with E-state index in [9.17, 15) is 4.79 Å². The summed E-state index contributed by atoms with van der Waals surface area (Å²) >= 11 is 10.4. The molecule has 1 rings (SSSR count). The molecular formula is C8H7BrClNO2S. The molecule has 0 saturated carbocycles. The Bertz CT molecular complexity index is 348. The summed E-state index contributed by atoms with van der Waals surface area (Å²) in [7, 11) is 0. The van der Waals surface area contributed by atoms with Gasteiger partial charge in [0, 0.05) is 11.9 Å². The third kappa shape index (κ3) is 3.86. The largest absolute Gasteiger partial charge is 0.481 e. The third-order valence-corrected chi connectivity index (χ3v) is 3.41. The van der Waals surface area contributed by atoms with Gasteiger partial charge < -0.3 is 5.11 Å². The maximum atomic E-state index is 10.3.